The van der Waals surface area contributed by atoms with E-state index in [9.17, 15) is 4.79 Å². The molecule has 0 spiro atoms. The highest BCUT2D eigenvalue weighted by Gasteiger charge is 2.05. The molecule has 1 aromatic rings. The summed E-state index contributed by atoms with van der Waals surface area (Å²) in [5, 5.41) is 0.199. The average molecular weight is 236 g/mol. The highest BCUT2D eigenvalue weighted by atomic mass is 32.2. The van der Waals surface area contributed by atoms with Crippen LogP contribution in [0.15, 0.2) is 30.3 Å². The molecule has 88 valence electrons. The summed E-state index contributed by atoms with van der Waals surface area (Å²) in [6.07, 6.45) is 3.60. The van der Waals surface area contributed by atoms with Gasteiger partial charge in [0.2, 0.25) is 5.12 Å². The van der Waals surface area contributed by atoms with Gasteiger partial charge >= 0.3 is 0 Å². The molecule has 0 aliphatic rings. The predicted octanol–water partition coefficient (Wildman–Crippen LogP) is 4.39. The number of hydrogen-bond acceptors (Lipinski definition) is 2. The Morgan fingerprint density at radius 1 is 1.31 bits per heavy atom. The first-order valence-electron chi connectivity index (χ1n) is 5.96. The number of carbonyl (C=O) groups excluding carboxylic acids is 1. The number of carbonyl (C=O) groups is 1. The van der Waals surface area contributed by atoms with Crippen molar-refractivity contribution >= 4 is 16.9 Å². The van der Waals surface area contributed by atoms with Crippen LogP contribution < -0.4 is 0 Å². The Hall–Kier alpha value is -0.760. The number of thioether (sulfide) groups is 1. The highest BCUT2D eigenvalue weighted by Crippen LogP contribution is 2.16. The molecule has 0 aliphatic carbocycles. The largest absolute Gasteiger partial charge is 0.282 e. The Balaban J connectivity index is 2.21. The van der Waals surface area contributed by atoms with Crippen LogP contribution in [0, 0.1) is 5.92 Å². The Bertz CT molecular complexity index is 308. The summed E-state index contributed by atoms with van der Waals surface area (Å²) >= 11 is 1.44. The van der Waals surface area contributed by atoms with E-state index in [1.807, 2.05) is 30.3 Å². The first kappa shape index (κ1) is 13.3. The van der Waals surface area contributed by atoms with Gasteiger partial charge in [-0.05, 0) is 18.8 Å². The molecule has 1 unspecified atom stereocenters. The second-order valence-electron chi connectivity index (χ2n) is 4.16. The summed E-state index contributed by atoms with van der Waals surface area (Å²) in [4.78, 5) is 11.7. The molecule has 0 aromatic heterocycles. The van der Waals surface area contributed by atoms with E-state index >= 15 is 0 Å². The quantitative estimate of drug-likeness (QED) is 0.682. The monoisotopic (exact) mass is 236 g/mol. The van der Waals surface area contributed by atoms with Crippen LogP contribution in [0.3, 0.4) is 0 Å². The minimum atomic E-state index is 0.199. The topological polar surface area (TPSA) is 17.1 Å². The van der Waals surface area contributed by atoms with Gasteiger partial charge in [-0.15, -0.1) is 0 Å². The van der Waals surface area contributed by atoms with E-state index in [1.54, 1.807) is 0 Å². The third-order valence-electron chi connectivity index (χ3n) is 2.78. The van der Waals surface area contributed by atoms with Crippen LogP contribution in [0.5, 0.6) is 0 Å². The lowest BCUT2D eigenvalue weighted by molar-refractivity contribution is 0.108. The molecule has 0 bridgehead atoms. The van der Waals surface area contributed by atoms with E-state index in [4.69, 9.17) is 0 Å². The van der Waals surface area contributed by atoms with E-state index in [1.165, 1.54) is 24.6 Å². The van der Waals surface area contributed by atoms with E-state index in [-0.39, 0.29) is 5.12 Å². The normalized spacial score (nSPS) is 12.4. The zero-order valence-electron chi connectivity index (χ0n) is 10.1. The van der Waals surface area contributed by atoms with Crippen molar-refractivity contribution in [2.24, 2.45) is 5.92 Å². The Kier molecular flexibility index (Phi) is 6.24. The van der Waals surface area contributed by atoms with Crippen molar-refractivity contribution < 1.29 is 4.79 Å². The van der Waals surface area contributed by atoms with Gasteiger partial charge in [0.25, 0.3) is 0 Å². The van der Waals surface area contributed by atoms with Gasteiger partial charge in [-0.2, -0.15) is 0 Å². The molecule has 0 N–H and O–H groups in total. The van der Waals surface area contributed by atoms with Gasteiger partial charge in [0.1, 0.15) is 0 Å². The molecule has 1 atom stereocenters. The summed E-state index contributed by atoms with van der Waals surface area (Å²) < 4.78 is 0. The van der Waals surface area contributed by atoms with E-state index in [0.29, 0.717) is 0 Å². The minimum absolute atomic E-state index is 0.199. The third kappa shape index (κ3) is 4.84. The lowest BCUT2D eigenvalue weighted by Gasteiger charge is -2.06. The molecule has 0 fully saturated rings. The van der Waals surface area contributed by atoms with E-state index in [0.717, 1.165) is 23.7 Å². The predicted molar refractivity (Wildman–Crippen MR) is 71.9 cm³/mol. The Morgan fingerprint density at radius 3 is 2.62 bits per heavy atom. The van der Waals surface area contributed by atoms with Gasteiger partial charge < -0.3 is 0 Å². The second kappa shape index (κ2) is 7.50. The average Bonchev–Trinajstić information content (AvgIpc) is 2.35. The first-order chi connectivity index (χ1) is 7.74. The van der Waals surface area contributed by atoms with Crippen molar-refractivity contribution in [1.82, 2.24) is 0 Å². The Labute approximate surface area is 103 Å². The van der Waals surface area contributed by atoms with E-state index < -0.39 is 0 Å². The summed E-state index contributed by atoms with van der Waals surface area (Å²) in [5.74, 6) is 1.73. The molecule has 0 saturated carbocycles. The minimum Gasteiger partial charge on any atom is -0.282 e. The zero-order valence-corrected chi connectivity index (χ0v) is 10.9. The summed E-state index contributed by atoms with van der Waals surface area (Å²) in [6, 6.07) is 9.51. The summed E-state index contributed by atoms with van der Waals surface area (Å²) in [7, 11) is 0. The van der Waals surface area contributed by atoms with Gasteiger partial charge in [0, 0.05) is 11.3 Å². The van der Waals surface area contributed by atoms with Crippen LogP contribution in [0.4, 0.5) is 0 Å². The molecule has 1 aromatic carbocycles. The van der Waals surface area contributed by atoms with Crippen LogP contribution in [0.2, 0.25) is 0 Å². The number of hydrogen-bond donors (Lipinski definition) is 0. The van der Waals surface area contributed by atoms with Crippen molar-refractivity contribution in [1.29, 1.82) is 0 Å². The fourth-order valence-electron chi connectivity index (χ4n) is 1.46. The van der Waals surface area contributed by atoms with Crippen LogP contribution in [0.1, 0.15) is 43.5 Å². The van der Waals surface area contributed by atoms with Crippen LogP contribution >= 0.6 is 11.8 Å². The van der Waals surface area contributed by atoms with Gasteiger partial charge in [-0.25, -0.2) is 0 Å². The molecule has 0 radical (unpaired) electrons. The second-order valence-corrected chi connectivity index (χ2v) is 5.23. The summed E-state index contributed by atoms with van der Waals surface area (Å²) in [5.41, 5.74) is 0.816. The lowest BCUT2D eigenvalue weighted by atomic mass is 10.0. The molecular weight excluding hydrogens is 216 g/mol. The third-order valence-corrected chi connectivity index (χ3v) is 3.77. The molecule has 1 rings (SSSR count). The molecule has 0 saturated heterocycles. The van der Waals surface area contributed by atoms with Crippen molar-refractivity contribution in [2.75, 3.05) is 5.75 Å². The molecule has 16 heavy (non-hydrogen) atoms. The van der Waals surface area contributed by atoms with Crippen molar-refractivity contribution in [3.8, 4) is 0 Å². The maximum absolute atomic E-state index is 11.7. The molecule has 0 heterocycles. The molecule has 1 nitrogen and oxygen atoms in total. The van der Waals surface area contributed by atoms with Crippen LogP contribution in [0.25, 0.3) is 0 Å². The fourth-order valence-corrected chi connectivity index (χ4v) is 2.26. The fraction of sp³-hybridized carbons (Fsp3) is 0.500. The van der Waals surface area contributed by atoms with Crippen molar-refractivity contribution in [3.05, 3.63) is 35.9 Å². The smallest absolute Gasteiger partial charge is 0.219 e. The highest BCUT2D eigenvalue weighted by molar-refractivity contribution is 8.14. The molecule has 0 amide bonds. The first-order valence-corrected chi connectivity index (χ1v) is 6.94. The molecular formula is C14H20OS. The van der Waals surface area contributed by atoms with E-state index in [2.05, 4.69) is 13.8 Å². The maximum atomic E-state index is 11.7. The van der Waals surface area contributed by atoms with Gasteiger partial charge in [-0.1, -0.05) is 62.4 Å². The van der Waals surface area contributed by atoms with Crippen molar-refractivity contribution in [2.45, 2.75) is 33.1 Å². The zero-order chi connectivity index (χ0) is 11.8. The van der Waals surface area contributed by atoms with Gasteiger partial charge in [0.15, 0.2) is 0 Å². The maximum Gasteiger partial charge on any atom is 0.219 e. The SMILES string of the molecule is CCC(C)CCCSC(=O)c1ccccc1. The Morgan fingerprint density at radius 2 is 2.00 bits per heavy atom. The standard InChI is InChI=1S/C14H20OS/c1-3-12(2)8-7-11-16-14(15)13-9-5-4-6-10-13/h4-6,9-10,12H,3,7-8,11H2,1-2H3. The number of benzene rings is 1. The van der Waals surface area contributed by atoms with Gasteiger partial charge in [0.05, 0.1) is 0 Å². The molecule has 0 aliphatic heterocycles. The lowest BCUT2D eigenvalue weighted by Crippen LogP contribution is -1.97. The van der Waals surface area contributed by atoms with Crippen molar-refractivity contribution in [3.63, 3.8) is 0 Å². The van der Waals surface area contributed by atoms with Crippen LogP contribution in [-0.2, 0) is 0 Å². The van der Waals surface area contributed by atoms with Gasteiger partial charge in [-0.3, -0.25) is 4.79 Å². The van der Waals surface area contributed by atoms with Crippen LogP contribution in [-0.4, -0.2) is 10.9 Å². The number of rotatable bonds is 6. The summed E-state index contributed by atoms with van der Waals surface area (Å²) in [6.45, 7) is 4.48. The molecule has 2 heteroatoms.